The summed E-state index contributed by atoms with van der Waals surface area (Å²) in [5.41, 5.74) is 0. The molecule has 0 N–H and O–H groups in total. The van der Waals surface area contributed by atoms with Crippen LogP contribution in [0.15, 0.2) is 0 Å². The van der Waals surface area contributed by atoms with Crippen LogP contribution < -0.4 is 0 Å². The molecule has 0 aliphatic carbocycles. The molecule has 0 spiro atoms. The predicted molar refractivity (Wildman–Crippen MR) is 85.6 cm³/mol. The Labute approximate surface area is 130 Å². The SMILES string of the molecule is CC(C)CCO[C@H](C)[C@@H](C)OCCOCC(=O)CC(C)C. The van der Waals surface area contributed by atoms with Crippen LogP contribution in [-0.4, -0.2) is 44.4 Å². The summed E-state index contributed by atoms with van der Waals surface area (Å²) >= 11 is 0. The summed E-state index contributed by atoms with van der Waals surface area (Å²) in [6.45, 7) is 14.4. The summed E-state index contributed by atoms with van der Waals surface area (Å²) in [6.07, 6.45) is 1.76. The second-order valence-electron chi connectivity index (χ2n) is 6.52. The first-order valence-corrected chi connectivity index (χ1v) is 8.15. The van der Waals surface area contributed by atoms with Gasteiger partial charge in [-0.3, -0.25) is 4.79 Å². The second kappa shape index (κ2) is 12.1. The van der Waals surface area contributed by atoms with E-state index in [4.69, 9.17) is 14.2 Å². The van der Waals surface area contributed by atoms with Crippen molar-refractivity contribution in [1.29, 1.82) is 0 Å². The maximum atomic E-state index is 11.4. The predicted octanol–water partition coefficient (Wildman–Crippen LogP) is 3.47. The molecule has 0 unspecified atom stereocenters. The fourth-order valence-electron chi connectivity index (χ4n) is 1.75. The van der Waals surface area contributed by atoms with E-state index in [2.05, 4.69) is 13.8 Å². The van der Waals surface area contributed by atoms with Crippen LogP contribution in [0.4, 0.5) is 0 Å². The van der Waals surface area contributed by atoms with E-state index in [1.165, 1.54) is 0 Å². The number of rotatable bonds is 13. The number of hydrogen-bond donors (Lipinski definition) is 0. The number of Topliss-reactive ketones (excluding diaryl/α,β-unsaturated/α-hetero) is 1. The quantitative estimate of drug-likeness (QED) is 0.489. The van der Waals surface area contributed by atoms with Crippen LogP contribution in [0.3, 0.4) is 0 Å². The third-order valence-corrected chi connectivity index (χ3v) is 3.24. The lowest BCUT2D eigenvalue weighted by Crippen LogP contribution is -2.28. The van der Waals surface area contributed by atoms with Gasteiger partial charge in [-0.15, -0.1) is 0 Å². The highest BCUT2D eigenvalue weighted by molar-refractivity contribution is 5.79. The molecule has 2 atom stereocenters. The van der Waals surface area contributed by atoms with Gasteiger partial charge in [0.1, 0.15) is 6.61 Å². The molecule has 0 amide bonds. The molecule has 0 aromatic heterocycles. The number of carbonyl (C=O) groups is 1. The van der Waals surface area contributed by atoms with Crippen molar-refractivity contribution in [2.75, 3.05) is 26.4 Å². The molecule has 0 fully saturated rings. The molecule has 0 radical (unpaired) electrons. The first-order valence-electron chi connectivity index (χ1n) is 8.15. The molecule has 0 aromatic rings. The largest absolute Gasteiger partial charge is 0.376 e. The van der Waals surface area contributed by atoms with Gasteiger partial charge in [-0.2, -0.15) is 0 Å². The monoisotopic (exact) mass is 302 g/mol. The molecule has 0 rings (SSSR count). The van der Waals surface area contributed by atoms with Crippen molar-refractivity contribution < 1.29 is 19.0 Å². The summed E-state index contributed by atoms with van der Waals surface area (Å²) < 4.78 is 16.7. The fraction of sp³-hybridized carbons (Fsp3) is 0.941. The molecule has 4 heteroatoms. The molecule has 0 aliphatic heterocycles. The summed E-state index contributed by atoms with van der Waals surface area (Å²) in [4.78, 5) is 11.4. The van der Waals surface area contributed by atoms with Crippen LogP contribution >= 0.6 is 0 Å². The van der Waals surface area contributed by atoms with Crippen LogP contribution in [0.25, 0.3) is 0 Å². The minimum absolute atomic E-state index is 0.0344. The zero-order valence-corrected chi connectivity index (χ0v) is 14.7. The van der Waals surface area contributed by atoms with E-state index in [0.717, 1.165) is 13.0 Å². The normalized spacial score (nSPS) is 14.7. The average Bonchev–Trinajstić information content (AvgIpc) is 2.36. The Morgan fingerprint density at radius 3 is 1.90 bits per heavy atom. The summed E-state index contributed by atoms with van der Waals surface area (Å²) in [5, 5.41) is 0. The van der Waals surface area contributed by atoms with Crippen molar-refractivity contribution >= 4 is 5.78 Å². The Hall–Kier alpha value is -0.450. The Bertz CT molecular complexity index is 264. The molecule has 0 aromatic carbocycles. The van der Waals surface area contributed by atoms with Crippen molar-refractivity contribution in [3.63, 3.8) is 0 Å². The molecule has 0 saturated carbocycles. The van der Waals surface area contributed by atoms with Crippen LogP contribution in [0, 0.1) is 11.8 Å². The van der Waals surface area contributed by atoms with Crippen LogP contribution in [-0.2, 0) is 19.0 Å². The molecule has 0 aliphatic rings. The molecular formula is C17H34O4. The maximum absolute atomic E-state index is 11.4. The lowest BCUT2D eigenvalue weighted by Gasteiger charge is -2.21. The standard InChI is InChI=1S/C17H34O4/c1-13(2)7-8-20-15(5)16(6)21-10-9-19-12-17(18)11-14(3)4/h13-16H,7-12H2,1-6H3/t15-,16-/m1/s1. The molecule has 21 heavy (non-hydrogen) atoms. The highest BCUT2D eigenvalue weighted by Gasteiger charge is 2.13. The van der Waals surface area contributed by atoms with E-state index >= 15 is 0 Å². The molecular weight excluding hydrogens is 268 g/mol. The van der Waals surface area contributed by atoms with Crippen molar-refractivity contribution in [3.8, 4) is 0 Å². The van der Waals surface area contributed by atoms with Gasteiger partial charge in [0.2, 0.25) is 0 Å². The average molecular weight is 302 g/mol. The molecule has 0 bridgehead atoms. The Balaban J connectivity index is 3.56. The lowest BCUT2D eigenvalue weighted by molar-refractivity contribution is -0.125. The van der Waals surface area contributed by atoms with Gasteiger partial charge in [0, 0.05) is 13.0 Å². The summed E-state index contributed by atoms with van der Waals surface area (Å²) in [7, 11) is 0. The molecule has 0 saturated heterocycles. The van der Waals surface area contributed by atoms with Gasteiger partial charge in [0.15, 0.2) is 5.78 Å². The zero-order chi connectivity index (χ0) is 16.3. The summed E-state index contributed by atoms with van der Waals surface area (Å²) in [5.74, 6) is 1.20. The van der Waals surface area contributed by atoms with Crippen molar-refractivity contribution in [1.82, 2.24) is 0 Å². The van der Waals surface area contributed by atoms with Gasteiger partial charge in [-0.1, -0.05) is 27.7 Å². The van der Waals surface area contributed by atoms with E-state index in [1.54, 1.807) is 0 Å². The molecule has 0 heterocycles. The second-order valence-corrected chi connectivity index (χ2v) is 6.52. The third-order valence-electron chi connectivity index (χ3n) is 3.24. The highest BCUT2D eigenvalue weighted by atomic mass is 16.6. The van der Waals surface area contributed by atoms with Gasteiger partial charge >= 0.3 is 0 Å². The summed E-state index contributed by atoms with van der Waals surface area (Å²) in [6, 6.07) is 0. The molecule has 126 valence electrons. The van der Waals surface area contributed by atoms with E-state index in [-0.39, 0.29) is 24.6 Å². The van der Waals surface area contributed by atoms with Crippen LogP contribution in [0.2, 0.25) is 0 Å². The minimum atomic E-state index is 0.0344. The van der Waals surface area contributed by atoms with Crippen molar-refractivity contribution in [3.05, 3.63) is 0 Å². The number of ketones is 1. The van der Waals surface area contributed by atoms with Gasteiger partial charge in [0.25, 0.3) is 0 Å². The minimum Gasteiger partial charge on any atom is -0.376 e. The van der Waals surface area contributed by atoms with Crippen LogP contribution in [0.5, 0.6) is 0 Å². The molecule has 4 nitrogen and oxygen atoms in total. The number of hydrogen-bond acceptors (Lipinski definition) is 4. The van der Waals surface area contributed by atoms with Crippen molar-refractivity contribution in [2.45, 2.75) is 66.6 Å². The third kappa shape index (κ3) is 13.0. The van der Waals surface area contributed by atoms with E-state index < -0.39 is 0 Å². The first-order chi connectivity index (χ1) is 9.82. The van der Waals surface area contributed by atoms with E-state index in [1.807, 2.05) is 27.7 Å². The topological polar surface area (TPSA) is 44.8 Å². The van der Waals surface area contributed by atoms with Crippen molar-refractivity contribution in [2.24, 2.45) is 11.8 Å². The Morgan fingerprint density at radius 2 is 1.38 bits per heavy atom. The number of carbonyl (C=O) groups excluding carboxylic acids is 1. The highest BCUT2D eigenvalue weighted by Crippen LogP contribution is 2.06. The van der Waals surface area contributed by atoms with Gasteiger partial charge < -0.3 is 14.2 Å². The lowest BCUT2D eigenvalue weighted by atomic mass is 10.1. The van der Waals surface area contributed by atoms with Crippen LogP contribution in [0.1, 0.15) is 54.4 Å². The van der Waals surface area contributed by atoms with E-state index in [9.17, 15) is 4.79 Å². The Kier molecular flexibility index (Phi) is 11.9. The van der Waals surface area contributed by atoms with Gasteiger partial charge in [-0.05, 0) is 32.1 Å². The Morgan fingerprint density at radius 1 is 0.810 bits per heavy atom. The maximum Gasteiger partial charge on any atom is 0.158 e. The van der Waals surface area contributed by atoms with E-state index in [0.29, 0.717) is 31.5 Å². The van der Waals surface area contributed by atoms with Gasteiger partial charge in [-0.25, -0.2) is 0 Å². The smallest absolute Gasteiger partial charge is 0.158 e. The number of ether oxygens (including phenoxy) is 3. The first kappa shape index (κ1) is 20.6. The fourth-order valence-corrected chi connectivity index (χ4v) is 1.75. The van der Waals surface area contributed by atoms with Gasteiger partial charge in [0.05, 0.1) is 25.4 Å². The zero-order valence-electron chi connectivity index (χ0n) is 14.7.